The van der Waals surface area contributed by atoms with Crippen LogP contribution in [-0.2, 0) is 14.3 Å². The smallest absolute Gasteiger partial charge is 0.158 e. The van der Waals surface area contributed by atoms with E-state index in [1.165, 1.54) is 19.3 Å². The quantitative estimate of drug-likeness (QED) is 0.691. The fraction of sp³-hybridized carbons (Fsp3) is 0.923. The molecule has 2 unspecified atom stereocenters. The van der Waals surface area contributed by atoms with Gasteiger partial charge in [-0.05, 0) is 38.0 Å². The Morgan fingerprint density at radius 3 is 2.44 bits per heavy atom. The van der Waals surface area contributed by atoms with Crippen LogP contribution in [0.2, 0.25) is 0 Å². The maximum absolute atomic E-state index is 11.1. The van der Waals surface area contributed by atoms with E-state index in [0.717, 1.165) is 45.0 Å². The first kappa shape index (κ1) is 12.1. The minimum Gasteiger partial charge on any atom is -0.353 e. The largest absolute Gasteiger partial charge is 0.353 e. The van der Waals surface area contributed by atoms with Crippen molar-refractivity contribution in [2.24, 2.45) is 5.92 Å². The molecule has 0 amide bonds. The third kappa shape index (κ3) is 3.29. The fourth-order valence-corrected chi connectivity index (χ4v) is 2.71. The normalized spacial score (nSPS) is 29.9. The third-order valence-electron chi connectivity index (χ3n) is 3.70. The van der Waals surface area contributed by atoms with Crippen LogP contribution in [0.25, 0.3) is 0 Å². The van der Waals surface area contributed by atoms with Gasteiger partial charge >= 0.3 is 0 Å². The Kier molecular flexibility index (Phi) is 4.79. The van der Waals surface area contributed by atoms with Crippen molar-refractivity contribution in [3.05, 3.63) is 0 Å². The van der Waals surface area contributed by atoms with Gasteiger partial charge in [0.1, 0.15) is 12.4 Å². The minimum absolute atomic E-state index is 0.133. The van der Waals surface area contributed by atoms with Crippen molar-refractivity contribution in [3.63, 3.8) is 0 Å². The van der Waals surface area contributed by atoms with Crippen molar-refractivity contribution in [3.8, 4) is 0 Å². The van der Waals surface area contributed by atoms with Crippen molar-refractivity contribution in [1.82, 2.24) is 0 Å². The summed E-state index contributed by atoms with van der Waals surface area (Å²) in [5, 5.41) is 0. The van der Waals surface area contributed by atoms with Crippen LogP contribution in [0.3, 0.4) is 0 Å². The Balaban J connectivity index is 1.81. The zero-order chi connectivity index (χ0) is 11.2. The lowest BCUT2D eigenvalue weighted by Gasteiger charge is -2.31. The van der Waals surface area contributed by atoms with E-state index in [-0.39, 0.29) is 12.4 Å². The van der Waals surface area contributed by atoms with Gasteiger partial charge in [0.25, 0.3) is 0 Å². The highest BCUT2D eigenvalue weighted by molar-refractivity contribution is 5.56. The van der Waals surface area contributed by atoms with E-state index < -0.39 is 0 Å². The number of carbonyl (C=O) groups is 1. The lowest BCUT2D eigenvalue weighted by atomic mass is 9.85. The first-order chi connectivity index (χ1) is 7.90. The lowest BCUT2D eigenvalue weighted by Crippen LogP contribution is -2.34. The highest BCUT2D eigenvalue weighted by Crippen LogP contribution is 2.29. The lowest BCUT2D eigenvalue weighted by molar-refractivity contribution is -0.196. The molecule has 0 spiro atoms. The maximum Gasteiger partial charge on any atom is 0.158 e. The topological polar surface area (TPSA) is 35.5 Å². The summed E-state index contributed by atoms with van der Waals surface area (Å²) in [6, 6.07) is 0. The average molecular weight is 226 g/mol. The van der Waals surface area contributed by atoms with Gasteiger partial charge in [-0.25, -0.2) is 0 Å². The van der Waals surface area contributed by atoms with Gasteiger partial charge in [-0.15, -0.1) is 0 Å². The van der Waals surface area contributed by atoms with Crippen LogP contribution >= 0.6 is 0 Å². The van der Waals surface area contributed by atoms with E-state index in [9.17, 15) is 4.79 Å². The molecule has 0 bridgehead atoms. The molecule has 3 nitrogen and oxygen atoms in total. The first-order valence-corrected chi connectivity index (χ1v) is 6.62. The number of hydrogen-bond acceptors (Lipinski definition) is 3. The van der Waals surface area contributed by atoms with Gasteiger partial charge in [-0.3, -0.25) is 0 Å². The molecule has 2 atom stereocenters. The molecule has 2 fully saturated rings. The summed E-state index contributed by atoms with van der Waals surface area (Å²) in [5.74, 6) is 0.428. The Labute approximate surface area is 97.5 Å². The van der Waals surface area contributed by atoms with Crippen LogP contribution in [0.15, 0.2) is 0 Å². The molecule has 1 aliphatic carbocycles. The van der Waals surface area contributed by atoms with Crippen LogP contribution in [-0.4, -0.2) is 25.3 Å². The second-order valence-electron chi connectivity index (χ2n) is 4.93. The molecule has 1 saturated heterocycles. The Hall–Kier alpha value is -0.410. The van der Waals surface area contributed by atoms with Gasteiger partial charge in [0.05, 0.1) is 0 Å². The summed E-state index contributed by atoms with van der Waals surface area (Å²) < 4.78 is 11.3. The molecular weight excluding hydrogens is 204 g/mol. The van der Waals surface area contributed by atoms with Crippen LogP contribution in [0.1, 0.15) is 51.4 Å². The molecule has 2 aliphatic rings. The van der Waals surface area contributed by atoms with E-state index >= 15 is 0 Å². The fourth-order valence-electron chi connectivity index (χ4n) is 2.71. The van der Waals surface area contributed by atoms with Crippen LogP contribution < -0.4 is 0 Å². The molecule has 2 rings (SSSR count). The van der Waals surface area contributed by atoms with Crippen molar-refractivity contribution < 1.29 is 14.3 Å². The van der Waals surface area contributed by atoms with Gasteiger partial charge in [0.15, 0.2) is 6.29 Å². The average Bonchev–Trinajstić information content (AvgIpc) is 2.38. The van der Waals surface area contributed by atoms with Crippen molar-refractivity contribution in [2.45, 2.75) is 63.8 Å². The monoisotopic (exact) mass is 226 g/mol. The zero-order valence-corrected chi connectivity index (χ0v) is 9.90. The summed E-state index contributed by atoms with van der Waals surface area (Å²) >= 11 is 0. The SMILES string of the molecule is O=CC(OC1CCCCO1)C1CCCCC1. The standard InChI is InChI=1S/C13H22O3/c14-10-12(11-6-2-1-3-7-11)16-13-8-4-5-9-15-13/h10-13H,1-9H2. The molecule has 3 heteroatoms. The highest BCUT2D eigenvalue weighted by Gasteiger charge is 2.27. The van der Waals surface area contributed by atoms with Crippen LogP contribution in [0.4, 0.5) is 0 Å². The van der Waals surface area contributed by atoms with E-state index in [4.69, 9.17) is 9.47 Å². The minimum atomic E-state index is -0.233. The maximum atomic E-state index is 11.1. The molecule has 1 aliphatic heterocycles. The van der Waals surface area contributed by atoms with Gasteiger partial charge < -0.3 is 14.3 Å². The van der Waals surface area contributed by atoms with E-state index in [0.29, 0.717) is 5.92 Å². The van der Waals surface area contributed by atoms with Crippen molar-refractivity contribution in [2.75, 3.05) is 6.61 Å². The van der Waals surface area contributed by atoms with Gasteiger partial charge in [0, 0.05) is 6.61 Å². The summed E-state index contributed by atoms with van der Waals surface area (Å²) in [5.41, 5.74) is 0. The predicted molar refractivity (Wildman–Crippen MR) is 61.1 cm³/mol. The molecule has 0 radical (unpaired) electrons. The Bertz CT molecular complexity index is 205. The molecule has 1 heterocycles. The van der Waals surface area contributed by atoms with Gasteiger partial charge in [-0.1, -0.05) is 19.3 Å². The van der Waals surface area contributed by atoms with Crippen molar-refractivity contribution >= 4 is 6.29 Å². The Morgan fingerprint density at radius 2 is 1.81 bits per heavy atom. The predicted octanol–water partition coefficient (Wildman–Crippen LogP) is 2.68. The van der Waals surface area contributed by atoms with Gasteiger partial charge in [0.2, 0.25) is 0 Å². The van der Waals surface area contributed by atoms with Gasteiger partial charge in [-0.2, -0.15) is 0 Å². The highest BCUT2D eigenvalue weighted by atomic mass is 16.7. The summed E-state index contributed by atoms with van der Waals surface area (Å²) in [6.07, 6.45) is 9.89. The van der Waals surface area contributed by atoms with Crippen LogP contribution in [0, 0.1) is 5.92 Å². The summed E-state index contributed by atoms with van der Waals surface area (Å²) in [7, 11) is 0. The first-order valence-electron chi connectivity index (χ1n) is 6.62. The second-order valence-corrected chi connectivity index (χ2v) is 4.93. The summed E-state index contributed by atoms with van der Waals surface area (Å²) in [4.78, 5) is 11.1. The molecule has 0 aromatic heterocycles. The molecule has 0 N–H and O–H groups in total. The molecule has 16 heavy (non-hydrogen) atoms. The number of aldehydes is 1. The third-order valence-corrected chi connectivity index (χ3v) is 3.70. The molecule has 0 aromatic rings. The van der Waals surface area contributed by atoms with E-state index in [1.54, 1.807) is 0 Å². The molecule has 92 valence electrons. The molecule has 0 aromatic carbocycles. The summed E-state index contributed by atoms with van der Waals surface area (Å²) in [6.45, 7) is 0.779. The number of rotatable bonds is 4. The van der Waals surface area contributed by atoms with E-state index in [2.05, 4.69) is 0 Å². The Morgan fingerprint density at radius 1 is 1.06 bits per heavy atom. The second kappa shape index (κ2) is 6.36. The van der Waals surface area contributed by atoms with E-state index in [1.807, 2.05) is 0 Å². The van der Waals surface area contributed by atoms with Crippen LogP contribution in [0.5, 0.6) is 0 Å². The molecule has 1 saturated carbocycles. The molecular formula is C13H22O3. The zero-order valence-electron chi connectivity index (χ0n) is 9.90. The number of carbonyl (C=O) groups excluding carboxylic acids is 1. The van der Waals surface area contributed by atoms with Crippen molar-refractivity contribution in [1.29, 1.82) is 0 Å². The number of ether oxygens (including phenoxy) is 2. The number of hydrogen-bond donors (Lipinski definition) is 0.